The SMILES string of the molecule is CC(C)N(Cc1nc(-c2ccccc2)no1)C(=O)Cc1ccc(Cl)cc1. The number of aromatic nitrogens is 2. The summed E-state index contributed by atoms with van der Waals surface area (Å²) in [6, 6.07) is 16.9. The van der Waals surface area contributed by atoms with Gasteiger partial charge in [0.15, 0.2) is 0 Å². The summed E-state index contributed by atoms with van der Waals surface area (Å²) in [7, 11) is 0. The highest BCUT2D eigenvalue weighted by Gasteiger charge is 2.21. The van der Waals surface area contributed by atoms with Gasteiger partial charge in [-0.3, -0.25) is 4.79 Å². The Morgan fingerprint density at radius 2 is 1.81 bits per heavy atom. The van der Waals surface area contributed by atoms with Gasteiger partial charge < -0.3 is 9.42 Å². The van der Waals surface area contributed by atoms with Gasteiger partial charge in [-0.1, -0.05) is 59.2 Å². The maximum atomic E-state index is 12.7. The lowest BCUT2D eigenvalue weighted by molar-refractivity contribution is -0.133. The number of carbonyl (C=O) groups excluding carboxylic acids is 1. The van der Waals surface area contributed by atoms with Gasteiger partial charge in [0.1, 0.15) is 6.54 Å². The van der Waals surface area contributed by atoms with Gasteiger partial charge in [-0.2, -0.15) is 4.98 Å². The van der Waals surface area contributed by atoms with Crippen LogP contribution in [0.25, 0.3) is 11.4 Å². The van der Waals surface area contributed by atoms with Crippen LogP contribution in [0, 0.1) is 0 Å². The zero-order valence-electron chi connectivity index (χ0n) is 14.7. The highest BCUT2D eigenvalue weighted by Crippen LogP contribution is 2.17. The Bertz CT molecular complexity index is 860. The average Bonchev–Trinajstić information content (AvgIpc) is 3.11. The average molecular weight is 370 g/mol. The van der Waals surface area contributed by atoms with E-state index in [9.17, 15) is 4.79 Å². The first kappa shape index (κ1) is 18.1. The molecule has 26 heavy (non-hydrogen) atoms. The highest BCUT2D eigenvalue weighted by molar-refractivity contribution is 6.30. The lowest BCUT2D eigenvalue weighted by Crippen LogP contribution is -2.37. The summed E-state index contributed by atoms with van der Waals surface area (Å²) in [4.78, 5) is 18.9. The van der Waals surface area contributed by atoms with Crippen molar-refractivity contribution in [2.75, 3.05) is 0 Å². The van der Waals surface area contributed by atoms with Crippen molar-refractivity contribution < 1.29 is 9.32 Å². The standard InChI is InChI=1S/C20H20ClN3O2/c1-14(2)24(19(25)12-15-8-10-17(21)11-9-15)13-18-22-20(23-26-18)16-6-4-3-5-7-16/h3-11,14H,12-13H2,1-2H3. The van der Waals surface area contributed by atoms with Crippen LogP contribution in [0.2, 0.25) is 5.02 Å². The molecule has 3 rings (SSSR count). The Morgan fingerprint density at radius 3 is 2.46 bits per heavy atom. The third-order valence-electron chi connectivity index (χ3n) is 4.02. The lowest BCUT2D eigenvalue weighted by atomic mass is 10.1. The maximum Gasteiger partial charge on any atom is 0.246 e. The molecule has 0 atom stereocenters. The van der Waals surface area contributed by atoms with E-state index in [0.29, 0.717) is 23.2 Å². The summed E-state index contributed by atoms with van der Waals surface area (Å²) in [5, 5.41) is 4.67. The van der Waals surface area contributed by atoms with Gasteiger partial charge in [-0.25, -0.2) is 0 Å². The van der Waals surface area contributed by atoms with Crippen molar-refractivity contribution in [3.05, 3.63) is 71.1 Å². The Hall–Kier alpha value is -2.66. The third kappa shape index (κ3) is 4.49. The first-order chi connectivity index (χ1) is 12.5. The molecule has 0 aliphatic heterocycles. The van der Waals surface area contributed by atoms with Crippen LogP contribution >= 0.6 is 11.6 Å². The van der Waals surface area contributed by atoms with Gasteiger partial charge in [0.25, 0.3) is 0 Å². The van der Waals surface area contributed by atoms with Crippen LogP contribution in [0.3, 0.4) is 0 Å². The molecule has 3 aromatic rings. The van der Waals surface area contributed by atoms with Gasteiger partial charge in [-0.05, 0) is 31.5 Å². The molecule has 6 heteroatoms. The van der Waals surface area contributed by atoms with Crippen molar-refractivity contribution in [3.8, 4) is 11.4 Å². The number of benzene rings is 2. The van der Waals surface area contributed by atoms with E-state index in [0.717, 1.165) is 11.1 Å². The molecule has 1 aromatic heterocycles. The smallest absolute Gasteiger partial charge is 0.246 e. The van der Waals surface area contributed by atoms with Gasteiger partial charge in [0.2, 0.25) is 17.6 Å². The van der Waals surface area contributed by atoms with Gasteiger partial charge in [0, 0.05) is 16.6 Å². The Labute approximate surface area is 157 Å². The molecule has 0 aliphatic rings. The van der Waals surface area contributed by atoms with Crippen LogP contribution in [0.5, 0.6) is 0 Å². The van der Waals surface area contributed by atoms with Crippen LogP contribution in [0.15, 0.2) is 59.1 Å². The molecule has 134 valence electrons. The second kappa shape index (κ2) is 8.15. The predicted molar refractivity (Wildman–Crippen MR) is 101 cm³/mol. The second-order valence-electron chi connectivity index (χ2n) is 6.30. The van der Waals surface area contributed by atoms with Gasteiger partial charge >= 0.3 is 0 Å². The van der Waals surface area contributed by atoms with Crippen molar-refractivity contribution in [1.82, 2.24) is 15.0 Å². The minimum absolute atomic E-state index is 0.00165. The highest BCUT2D eigenvalue weighted by atomic mass is 35.5. The number of nitrogens with zero attached hydrogens (tertiary/aromatic N) is 3. The first-order valence-electron chi connectivity index (χ1n) is 8.45. The Balaban J connectivity index is 1.71. The molecule has 5 nitrogen and oxygen atoms in total. The first-order valence-corrected chi connectivity index (χ1v) is 8.82. The fourth-order valence-electron chi connectivity index (χ4n) is 2.61. The minimum atomic E-state index is 0.00165. The molecule has 0 saturated carbocycles. The van der Waals surface area contributed by atoms with Gasteiger partial charge in [0.05, 0.1) is 6.42 Å². The van der Waals surface area contributed by atoms with E-state index < -0.39 is 0 Å². The van der Waals surface area contributed by atoms with E-state index in [1.165, 1.54) is 0 Å². The van der Waals surface area contributed by atoms with Crippen LogP contribution < -0.4 is 0 Å². The van der Waals surface area contributed by atoms with E-state index in [-0.39, 0.29) is 18.5 Å². The largest absolute Gasteiger partial charge is 0.337 e. The normalized spacial score (nSPS) is 10.9. The molecular formula is C20H20ClN3O2. The van der Waals surface area contributed by atoms with Crippen LogP contribution in [0.1, 0.15) is 25.3 Å². The quantitative estimate of drug-likeness (QED) is 0.647. The second-order valence-corrected chi connectivity index (χ2v) is 6.73. The van der Waals surface area contributed by atoms with E-state index in [1.807, 2.05) is 56.3 Å². The number of rotatable bonds is 6. The van der Waals surface area contributed by atoms with Crippen LogP contribution in [0.4, 0.5) is 0 Å². The van der Waals surface area contributed by atoms with Gasteiger partial charge in [-0.15, -0.1) is 0 Å². The fourth-order valence-corrected chi connectivity index (χ4v) is 2.73. The van der Waals surface area contributed by atoms with Crippen molar-refractivity contribution in [3.63, 3.8) is 0 Å². The molecule has 0 saturated heterocycles. The summed E-state index contributed by atoms with van der Waals surface area (Å²) in [6.45, 7) is 4.21. The minimum Gasteiger partial charge on any atom is -0.337 e. The zero-order chi connectivity index (χ0) is 18.5. The topological polar surface area (TPSA) is 59.2 Å². The molecule has 0 radical (unpaired) electrons. The number of hydrogen-bond donors (Lipinski definition) is 0. The lowest BCUT2D eigenvalue weighted by Gasteiger charge is -2.25. The molecule has 0 fully saturated rings. The van der Waals surface area contributed by atoms with E-state index in [4.69, 9.17) is 16.1 Å². The van der Waals surface area contributed by atoms with Crippen LogP contribution in [-0.2, 0) is 17.8 Å². The summed E-state index contributed by atoms with van der Waals surface area (Å²) in [5.41, 5.74) is 1.80. The number of halogens is 1. The molecule has 0 spiro atoms. The van der Waals surface area contributed by atoms with Crippen molar-refractivity contribution in [2.45, 2.75) is 32.9 Å². The number of hydrogen-bond acceptors (Lipinski definition) is 4. The van der Waals surface area contributed by atoms with Crippen molar-refractivity contribution in [1.29, 1.82) is 0 Å². The molecular weight excluding hydrogens is 350 g/mol. The monoisotopic (exact) mass is 369 g/mol. The summed E-state index contributed by atoms with van der Waals surface area (Å²) >= 11 is 5.90. The predicted octanol–water partition coefficient (Wildman–Crippen LogP) is 4.37. The summed E-state index contributed by atoms with van der Waals surface area (Å²) in [5.74, 6) is 0.943. The maximum absolute atomic E-state index is 12.7. The molecule has 0 aliphatic carbocycles. The molecule has 2 aromatic carbocycles. The number of carbonyl (C=O) groups is 1. The number of amides is 1. The summed E-state index contributed by atoms with van der Waals surface area (Å²) in [6.07, 6.45) is 0.301. The third-order valence-corrected chi connectivity index (χ3v) is 4.27. The zero-order valence-corrected chi connectivity index (χ0v) is 15.5. The fraction of sp³-hybridized carbons (Fsp3) is 0.250. The molecule has 1 heterocycles. The van der Waals surface area contributed by atoms with Crippen molar-refractivity contribution >= 4 is 17.5 Å². The molecule has 1 amide bonds. The van der Waals surface area contributed by atoms with E-state index >= 15 is 0 Å². The summed E-state index contributed by atoms with van der Waals surface area (Å²) < 4.78 is 5.34. The Morgan fingerprint density at radius 1 is 1.12 bits per heavy atom. The van der Waals surface area contributed by atoms with Crippen molar-refractivity contribution in [2.24, 2.45) is 0 Å². The molecule has 0 unspecified atom stereocenters. The van der Waals surface area contributed by atoms with E-state index in [2.05, 4.69) is 10.1 Å². The molecule has 0 N–H and O–H groups in total. The van der Waals surface area contributed by atoms with Crippen LogP contribution in [-0.4, -0.2) is 27.0 Å². The molecule has 0 bridgehead atoms. The Kier molecular flexibility index (Phi) is 5.68. The van der Waals surface area contributed by atoms with E-state index in [1.54, 1.807) is 17.0 Å².